The van der Waals surface area contributed by atoms with E-state index in [0.29, 0.717) is 0 Å². The van der Waals surface area contributed by atoms with Gasteiger partial charge in [-0.05, 0) is 82.1 Å². The summed E-state index contributed by atoms with van der Waals surface area (Å²) in [6, 6.07) is 26.5. The molecule has 0 saturated heterocycles. The van der Waals surface area contributed by atoms with E-state index in [0.717, 1.165) is 33.0 Å². The van der Waals surface area contributed by atoms with Crippen molar-refractivity contribution in [3.63, 3.8) is 0 Å². The van der Waals surface area contributed by atoms with Crippen LogP contribution in [-0.2, 0) is 0 Å². The molecule has 0 N–H and O–H groups in total. The minimum Gasteiger partial charge on any atom is -0.543 e. The van der Waals surface area contributed by atoms with Crippen LogP contribution in [0.4, 0.5) is 0 Å². The van der Waals surface area contributed by atoms with Gasteiger partial charge in [-0.15, -0.1) is 0 Å². The molecule has 38 heavy (non-hydrogen) atoms. The van der Waals surface area contributed by atoms with Gasteiger partial charge in [-0.25, -0.2) is 0 Å². The molecule has 198 valence electrons. The molecule has 0 bridgehead atoms. The number of rotatable bonds is 4. The summed E-state index contributed by atoms with van der Waals surface area (Å²) in [4.78, 5) is 0. The fraction of sp³-hybridized carbons (Fsp3) is 0.353. The topological polar surface area (TPSA) is 18.5 Å². The van der Waals surface area contributed by atoms with Crippen molar-refractivity contribution in [1.82, 2.24) is 0 Å². The maximum Gasteiger partial charge on any atom is 0.250 e. The van der Waals surface area contributed by atoms with Gasteiger partial charge in [0.15, 0.2) is 0 Å². The average Bonchev–Trinajstić information content (AvgIpc) is 2.82. The predicted octanol–water partition coefficient (Wildman–Crippen LogP) is 11.1. The summed E-state index contributed by atoms with van der Waals surface area (Å²) in [5.41, 5.74) is 0. The fourth-order valence-electron chi connectivity index (χ4n) is 4.56. The van der Waals surface area contributed by atoms with Crippen molar-refractivity contribution in [2.75, 3.05) is 0 Å². The zero-order valence-electron chi connectivity index (χ0n) is 24.7. The van der Waals surface area contributed by atoms with E-state index < -0.39 is 16.6 Å². The third kappa shape index (κ3) is 4.52. The lowest BCUT2D eigenvalue weighted by atomic mass is 9.95. The van der Waals surface area contributed by atoms with Gasteiger partial charge in [-0.1, -0.05) is 90.1 Å². The molecule has 4 heteroatoms. The van der Waals surface area contributed by atoms with Gasteiger partial charge in [0.1, 0.15) is 11.5 Å². The number of hydrogen-bond donors (Lipinski definition) is 0. The lowest BCUT2D eigenvalue weighted by molar-refractivity contribution is 0.495. The highest BCUT2D eigenvalue weighted by molar-refractivity contribution is 6.75. The molecule has 0 aliphatic rings. The minimum absolute atomic E-state index is 0.0790. The monoisotopic (exact) mass is 538 g/mol. The van der Waals surface area contributed by atoms with Crippen molar-refractivity contribution >= 4 is 59.7 Å². The first-order valence-electron chi connectivity index (χ1n) is 13.8. The van der Waals surface area contributed by atoms with Crippen LogP contribution < -0.4 is 8.85 Å². The van der Waals surface area contributed by atoms with Crippen LogP contribution in [-0.4, -0.2) is 16.6 Å². The van der Waals surface area contributed by atoms with Gasteiger partial charge in [0, 0.05) is 21.5 Å². The minimum atomic E-state index is -2.14. The zero-order chi connectivity index (χ0) is 27.7. The Hall–Kier alpha value is -2.83. The normalized spacial score (nSPS) is 13.5. The van der Waals surface area contributed by atoms with E-state index in [1.54, 1.807) is 0 Å². The van der Waals surface area contributed by atoms with Crippen LogP contribution in [0.5, 0.6) is 11.5 Å². The predicted molar refractivity (Wildman–Crippen MR) is 172 cm³/mol. The van der Waals surface area contributed by atoms with Crippen molar-refractivity contribution in [1.29, 1.82) is 0 Å². The van der Waals surface area contributed by atoms with E-state index in [1.165, 1.54) is 21.5 Å². The van der Waals surface area contributed by atoms with Crippen molar-refractivity contribution in [2.24, 2.45) is 0 Å². The van der Waals surface area contributed by atoms with E-state index >= 15 is 0 Å². The Balaban J connectivity index is 1.98. The van der Waals surface area contributed by atoms with Crippen molar-refractivity contribution in [3.8, 4) is 11.5 Å². The van der Waals surface area contributed by atoms with Crippen LogP contribution in [0.25, 0.3) is 43.1 Å². The summed E-state index contributed by atoms with van der Waals surface area (Å²) in [6.45, 7) is 23.2. The molecule has 0 fully saturated rings. The molecule has 0 heterocycles. The first-order valence-corrected chi connectivity index (χ1v) is 19.6. The van der Waals surface area contributed by atoms with Crippen molar-refractivity contribution in [2.45, 2.75) is 77.8 Å². The maximum absolute atomic E-state index is 7.24. The molecule has 0 radical (unpaired) electrons. The first kappa shape index (κ1) is 26.8. The van der Waals surface area contributed by atoms with Crippen molar-refractivity contribution < 1.29 is 8.85 Å². The molecular formula is C34H42O2Si2. The SMILES string of the molecule is CC(C)(C)[Si](C)(C)Oc1c2cc3ccccc3cc2c(O[Si](C)(C)C(C)(C)C)c2cc3ccccc3cc12. The molecule has 0 atom stereocenters. The van der Waals surface area contributed by atoms with E-state index in [2.05, 4.69) is 141 Å². The number of hydrogen-bond acceptors (Lipinski definition) is 2. The maximum atomic E-state index is 7.24. The lowest BCUT2D eigenvalue weighted by Crippen LogP contribution is -2.44. The Morgan fingerprint density at radius 3 is 0.895 bits per heavy atom. The van der Waals surface area contributed by atoms with Crippen LogP contribution in [0.15, 0.2) is 72.8 Å². The fourth-order valence-corrected chi connectivity index (χ4v) is 6.63. The molecule has 0 amide bonds. The van der Waals surface area contributed by atoms with E-state index in [9.17, 15) is 0 Å². The molecule has 0 aliphatic heterocycles. The summed E-state index contributed by atoms with van der Waals surface area (Å²) in [5.74, 6) is 2.00. The molecule has 0 unspecified atom stereocenters. The zero-order valence-corrected chi connectivity index (χ0v) is 26.7. The standard InChI is InChI=1S/C34H42O2Si2/c1-33(2,3)37(7,8)35-31-27-19-23-15-11-13-17-25(23)21-29(27)32(36-38(9,10)34(4,5)6)30-22-26-18-14-12-16-24(26)20-28(30)31/h11-22H,1-10H3. The highest BCUT2D eigenvalue weighted by atomic mass is 28.4. The van der Waals surface area contributed by atoms with Gasteiger partial charge in [-0.3, -0.25) is 0 Å². The molecule has 5 aromatic rings. The van der Waals surface area contributed by atoms with Crippen molar-refractivity contribution in [3.05, 3.63) is 72.8 Å². The Morgan fingerprint density at radius 1 is 0.447 bits per heavy atom. The first-order chi connectivity index (χ1) is 17.6. The summed E-state index contributed by atoms with van der Waals surface area (Å²) >= 11 is 0. The molecule has 0 saturated carbocycles. The van der Waals surface area contributed by atoms with E-state index in [4.69, 9.17) is 8.85 Å². The smallest absolute Gasteiger partial charge is 0.250 e. The summed E-state index contributed by atoms with van der Waals surface area (Å²) in [6.07, 6.45) is 0. The lowest BCUT2D eigenvalue weighted by Gasteiger charge is -2.39. The summed E-state index contributed by atoms with van der Waals surface area (Å²) in [7, 11) is -4.28. The van der Waals surface area contributed by atoms with Crippen LogP contribution in [0.3, 0.4) is 0 Å². The second-order valence-corrected chi connectivity index (χ2v) is 23.3. The second kappa shape index (κ2) is 8.85. The highest BCUT2D eigenvalue weighted by Crippen LogP contribution is 2.50. The van der Waals surface area contributed by atoms with Gasteiger partial charge >= 0.3 is 0 Å². The molecule has 0 spiro atoms. The third-order valence-corrected chi connectivity index (χ3v) is 17.7. The molecule has 2 nitrogen and oxygen atoms in total. The number of benzene rings is 5. The number of fused-ring (bicyclic) bond motifs is 4. The average molecular weight is 539 g/mol. The second-order valence-electron chi connectivity index (χ2n) is 13.9. The van der Waals surface area contributed by atoms with Gasteiger partial charge in [-0.2, -0.15) is 0 Å². The third-order valence-electron chi connectivity index (χ3n) is 9.08. The Morgan fingerprint density at radius 2 is 0.684 bits per heavy atom. The highest BCUT2D eigenvalue weighted by Gasteiger charge is 2.42. The van der Waals surface area contributed by atoms with Crippen LogP contribution in [0, 0.1) is 0 Å². The van der Waals surface area contributed by atoms with Crippen LogP contribution in [0.2, 0.25) is 36.3 Å². The van der Waals surface area contributed by atoms with Gasteiger partial charge in [0.25, 0.3) is 16.6 Å². The quantitative estimate of drug-likeness (QED) is 0.167. The molecular weight excluding hydrogens is 497 g/mol. The van der Waals surface area contributed by atoms with Gasteiger partial charge in [0.2, 0.25) is 0 Å². The Kier molecular flexibility index (Phi) is 6.24. The molecule has 0 aromatic heterocycles. The summed E-state index contributed by atoms with van der Waals surface area (Å²) in [5, 5.41) is 9.62. The Labute approximate surface area is 230 Å². The van der Waals surface area contributed by atoms with E-state index in [1.807, 2.05) is 0 Å². The largest absolute Gasteiger partial charge is 0.543 e. The van der Waals surface area contributed by atoms with Gasteiger partial charge in [0.05, 0.1) is 0 Å². The molecule has 0 aliphatic carbocycles. The van der Waals surface area contributed by atoms with Crippen LogP contribution in [0.1, 0.15) is 41.5 Å². The van der Waals surface area contributed by atoms with Gasteiger partial charge < -0.3 is 8.85 Å². The molecule has 5 aromatic carbocycles. The summed E-state index contributed by atoms with van der Waals surface area (Å²) < 4.78 is 14.5. The van der Waals surface area contributed by atoms with Crippen LogP contribution >= 0.6 is 0 Å². The van der Waals surface area contributed by atoms with E-state index in [-0.39, 0.29) is 10.1 Å². The molecule has 5 rings (SSSR count). The Bertz CT molecular complexity index is 1460.